The molecule has 0 saturated carbocycles. The van der Waals surface area contributed by atoms with Crippen molar-refractivity contribution in [1.29, 1.82) is 0 Å². The Kier molecular flexibility index (Phi) is 6.54. The molecule has 0 atom stereocenters. The van der Waals surface area contributed by atoms with Gasteiger partial charge in [-0.25, -0.2) is 4.79 Å². The molecule has 3 aromatic rings. The van der Waals surface area contributed by atoms with Crippen molar-refractivity contribution in [2.45, 2.75) is 0 Å². The molecule has 1 heterocycles. The number of benzene rings is 2. The van der Waals surface area contributed by atoms with Crippen molar-refractivity contribution in [3.8, 4) is 23.0 Å². The summed E-state index contributed by atoms with van der Waals surface area (Å²) in [5, 5.41) is 0. The van der Waals surface area contributed by atoms with Gasteiger partial charge in [-0.15, -0.1) is 0 Å². The molecule has 3 rings (SSSR count). The first-order valence-electron chi connectivity index (χ1n) is 8.94. The van der Waals surface area contributed by atoms with E-state index in [0.717, 1.165) is 0 Å². The van der Waals surface area contributed by atoms with Crippen LogP contribution in [-0.2, 0) is 0 Å². The van der Waals surface area contributed by atoms with Crippen molar-refractivity contribution in [1.82, 2.24) is 0 Å². The van der Waals surface area contributed by atoms with Crippen LogP contribution in [0.3, 0.4) is 0 Å². The molecule has 2 aromatic carbocycles. The van der Waals surface area contributed by atoms with E-state index in [0.29, 0.717) is 16.9 Å². The Bertz CT molecular complexity index is 1020. The highest BCUT2D eigenvalue weighted by Crippen LogP contribution is 2.39. The maximum atomic E-state index is 12.4. The molecular formula is C23H20O7. The molecular weight excluding hydrogens is 388 g/mol. The van der Waals surface area contributed by atoms with Crippen LogP contribution in [0.25, 0.3) is 6.08 Å². The lowest BCUT2D eigenvalue weighted by Crippen LogP contribution is -2.09. The average molecular weight is 408 g/mol. The number of hydrogen-bond acceptors (Lipinski definition) is 7. The van der Waals surface area contributed by atoms with Crippen molar-refractivity contribution in [2.75, 3.05) is 21.3 Å². The number of methoxy groups -OCH3 is 3. The van der Waals surface area contributed by atoms with Crippen molar-refractivity contribution in [2.24, 2.45) is 0 Å². The molecule has 154 valence electrons. The first-order chi connectivity index (χ1) is 14.5. The SMILES string of the molecule is COc1ccc(C(=O)/C=C/c2cc(OC)c(OC(=O)c3ccco3)c(OC)c2)cc1. The van der Waals surface area contributed by atoms with Crippen LogP contribution in [0.5, 0.6) is 23.0 Å². The summed E-state index contributed by atoms with van der Waals surface area (Å²) in [6.45, 7) is 0. The zero-order valence-electron chi connectivity index (χ0n) is 16.7. The summed E-state index contributed by atoms with van der Waals surface area (Å²) >= 11 is 0. The molecule has 0 aliphatic carbocycles. The molecule has 0 radical (unpaired) electrons. The maximum absolute atomic E-state index is 12.4. The molecule has 0 bridgehead atoms. The lowest BCUT2D eigenvalue weighted by molar-refractivity contribution is 0.0691. The first kappa shape index (κ1) is 20.7. The molecule has 1 aromatic heterocycles. The van der Waals surface area contributed by atoms with E-state index in [-0.39, 0.29) is 28.8 Å². The van der Waals surface area contributed by atoms with Crippen molar-refractivity contribution < 1.29 is 33.0 Å². The quantitative estimate of drug-likeness (QED) is 0.236. The van der Waals surface area contributed by atoms with Crippen LogP contribution in [0.15, 0.2) is 65.3 Å². The molecule has 0 aliphatic heterocycles. The fourth-order valence-corrected chi connectivity index (χ4v) is 2.66. The summed E-state index contributed by atoms with van der Waals surface area (Å²) in [5.41, 5.74) is 1.15. The summed E-state index contributed by atoms with van der Waals surface area (Å²) in [4.78, 5) is 24.6. The van der Waals surface area contributed by atoms with Gasteiger partial charge in [0.15, 0.2) is 17.3 Å². The third-order valence-electron chi connectivity index (χ3n) is 4.20. The monoisotopic (exact) mass is 408 g/mol. The van der Waals surface area contributed by atoms with Crippen LogP contribution in [-0.4, -0.2) is 33.1 Å². The van der Waals surface area contributed by atoms with Gasteiger partial charge in [0, 0.05) is 5.56 Å². The zero-order chi connectivity index (χ0) is 21.5. The lowest BCUT2D eigenvalue weighted by atomic mass is 10.1. The Balaban J connectivity index is 1.84. The third kappa shape index (κ3) is 4.70. The zero-order valence-corrected chi connectivity index (χ0v) is 16.7. The minimum absolute atomic E-state index is 0.0492. The summed E-state index contributed by atoms with van der Waals surface area (Å²) in [5.74, 6) is 0.507. The van der Waals surface area contributed by atoms with Crippen LogP contribution in [0.1, 0.15) is 26.5 Å². The number of allylic oxidation sites excluding steroid dienone is 1. The summed E-state index contributed by atoms with van der Waals surface area (Å²) < 4.78 is 26.2. The van der Waals surface area contributed by atoms with Gasteiger partial charge in [-0.2, -0.15) is 0 Å². The van der Waals surface area contributed by atoms with Crippen molar-refractivity contribution in [3.05, 3.63) is 77.8 Å². The topological polar surface area (TPSA) is 84.2 Å². The van der Waals surface area contributed by atoms with Crippen LogP contribution in [0.2, 0.25) is 0 Å². The Morgan fingerprint density at radius 3 is 2.10 bits per heavy atom. The number of carbonyl (C=O) groups is 2. The minimum Gasteiger partial charge on any atom is -0.497 e. The van der Waals surface area contributed by atoms with Crippen molar-refractivity contribution in [3.63, 3.8) is 0 Å². The second-order valence-corrected chi connectivity index (χ2v) is 6.05. The van der Waals surface area contributed by atoms with E-state index >= 15 is 0 Å². The second kappa shape index (κ2) is 9.47. The Hall–Kier alpha value is -4.00. The molecule has 0 fully saturated rings. The molecule has 0 spiro atoms. The summed E-state index contributed by atoms with van der Waals surface area (Å²) in [6.07, 6.45) is 4.43. The van der Waals surface area contributed by atoms with E-state index in [1.54, 1.807) is 55.7 Å². The Morgan fingerprint density at radius 1 is 0.900 bits per heavy atom. The molecule has 0 amide bonds. The lowest BCUT2D eigenvalue weighted by Gasteiger charge is -2.13. The van der Waals surface area contributed by atoms with E-state index in [1.807, 2.05) is 0 Å². The highest BCUT2D eigenvalue weighted by atomic mass is 16.6. The van der Waals surface area contributed by atoms with Gasteiger partial charge in [0.25, 0.3) is 0 Å². The van der Waals surface area contributed by atoms with Crippen LogP contribution in [0, 0.1) is 0 Å². The van der Waals surface area contributed by atoms with E-state index in [2.05, 4.69) is 0 Å². The third-order valence-corrected chi connectivity index (χ3v) is 4.20. The maximum Gasteiger partial charge on any atom is 0.379 e. The van der Waals surface area contributed by atoms with Gasteiger partial charge in [0.2, 0.25) is 11.5 Å². The normalized spacial score (nSPS) is 10.6. The van der Waals surface area contributed by atoms with Gasteiger partial charge in [0.05, 0.1) is 27.6 Å². The van der Waals surface area contributed by atoms with Crippen LogP contribution in [0.4, 0.5) is 0 Å². The van der Waals surface area contributed by atoms with Gasteiger partial charge in [-0.05, 0) is 60.2 Å². The predicted molar refractivity (Wildman–Crippen MR) is 110 cm³/mol. The van der Waals surface area contributed by atoms with Crippen LogP contribution >= 0.6 is 0 Å². The number of ether oxygens (including phenoxy) is 4. The summed E-state index contributed by atoms with van der Waals surface area (Å²) in [7, 11) is 4.44. The molecule has 7 nitrogen and oxygen atoms in total. The van der Waals surface area contributed by atoms with Gasteiger partial charge in [-0.1, -0.05) is 6.08 Å². The van der Waals surface area contributed by atoms with Gasteiger partial charge < -0.3 is 23.4 Å². The molecule has 7 heteroatoms. The average Bonchev–Trinajstić information content (AvgIpc) is 3.33. The van der Waals surface area contributed by atoms with E-state index in [4.69, 9.17) is 23.4 Å². The molecule has 0 aliphatic rings. The highest BCUT2D eigenvalue weighted by Gasteiger charge is 2.20. The summed E-state index contributed by atoms with van der Waals surface area (Å²) in [6, 6.07) is 13.1. The van der Waals surface area contributed by atoms with Crippen LogP contribution < -0.4 is 18.9 Å². The number of furan rings is 1. The van der Waals surface area contributed by atoms with E-state index in [1.165, 1.54) is 32.6 Å². The number of carbonyl (C=O) groups excluding carboxylic acids is 2. The Morgan fingerprint density at radius 2 is 1.57 bits per heavy atom. The molecule has 0 saturated heterocycles. The number of hydrogen-bond donors (Lipinski definition) is 0. The van der Waals surface area contributed by atoms with E-state index < -0.39 is 5.97 Å². The number of esters is 1. The van der Waals surface area contributed by atoms with Gasteiger partial charge in [-0.3, -0.25) is 4.79 Å². The fourth-order valence-electron chi connectivity index (χ4n) is 2.66. The van der Waals surface area contributed by atoms with Gasteiger partial charge >= 0.3 is 5.97 Å². The largest absolute Gasteiger partial charge is 0.497 e. The fraction of sp³-hybridized carbons (Fsp3) is 0.130. The minimum atomic E-state index is -0.686. The van der Waals surface area contributed by atoms with E-state index in [9.17, 15) is 9.59 Å². The Labute approximate surface area is 173 Å². The molecule has 0 unspecified atom stereocenters. The molecule has 30 heavy (non-hydrogen) atoms. The predicted octanol–water partition coefficient (Wildman–Crippen LogP) is 4.42. The number of ketones is 1. The highest BCUT2D eigenvalue weighted by molar-refractivity contribution is 6.06. The van der Waals surface area contributed by atoms with Crippen molar-refractivity contribution >= 4 is 17.8 Å². The first-order valence-corrected chi connectivity index (χ1v) is 8.94. The van der Waals surface area contributed by atoms with Gasteiger partial charge in [0.1, 0.15) is 5.75 Å². The smallest absolute Gasteiger partial charge is 0.379 e. The number of rotatable bonds is 8. The standard InChI is InChI=1S/C23H20O7/c1-26-17-9-7-16(8-10-17)18(24)11-6-15-13-20(27-2)22(21(14-15)28-3)30-23(25)19-5-4-12-29-19/h4-14H,1-3H3/b11-6+. The second-order valence-electron chi connectivity index (χ2n) is 6.05. The molecule has 0 N–H and O–H groups in total.